The van der Waals surface area contributed by atoms with Gasteiger partial charge >= 0.3 is 40.0 Å². The van der Waals surface area contributed by atoms with Crippen LogP contribution in [0.3, 0.4) is 0 Å². The van der Waals surface area contributed by atoms with E-state index in [0.717, 1.165) is 6.42 Å². The van der Waals surface area contributed by atoms with Crippen molar-refractivity contribution in [2.75, 3.05) is 0 Å². The Balaban J connectivity index is 0. The van der Waals surface area contributed by atoms with Crippen LogP contribution in [0.2, 0.25) is 0 Å². The molecular formula is C11H17NaO4S. The predicted octanol–water partition coefficient (Wildman–Crippen LogP) is -0.415. The van der Waals surface area contributed by atoms with Crippen molar-refractivity contribution < 1.29 is 47.1 Å². The van der Waals surface area contributed by atoms with E-state index in [9.17, 15) is 0 Å². The molecule has 0 aromatic heterocycles. The molecule has 2 N–H and O–H groups in total. The molecule has 0 aliphatic carbocycles. The van der Waals surface area contributed by atoms with Crippen molar-refractivity contribution in [1.82, 2.24) is 0 Å². The molecule has 0 bridgehead atoms. The fraction of sp³-hybridized carbons (Fsp3) is 0.364. The third kappa shape index (κ3) is 18.6. The Morgan fingerprint density at radius 3 is 1.94 bits per heavy atom. The molecule has 92 valence electrons. The summed E-state index contributed by atoms with van der Waals surface area (Å²) in [6.07, 6.45) is 4.78. The van der Waals surface area contributed by atoms with Gasteiger partial charge in [0.1, 0.15) is 0 Å². The van der Waals surface area contributed by atoms with Gasteiger partial charge in [-0.1, -0.05) is 43.2 Å². The average molecular weight is 268 g/mol. The first-order valence-electron chi connectivity index (χ1n) is 4.96. The van der Waals surface area contributed by atoms with Crippen molar-refractivity contribution in [2.24, 2.45) is 0 Å². The molecule has 1 rings (SSSR count). The number of hydrogen-bond donors (Lipinski definition) is 2. The molecule has 0 aliphatic rings. The van der Waals surface area contributed by atoms with Crippen LogP contribution >= 0.6 is 0 Å². The molecule has 17 heavy (non-hydrogen) atoms. The van der Waals surface area contributed by atoms with E-state index in [-0.39, 0.29) is 29.6 Å². The van der Waals surface area contributed by atoms with E-state index in [1.807, 2.05) is 0 Å². The van der Waals surface area contributed by atoms with E-state index in [4.69, 9.17) is 17.5 Å². The van der Waals surface area contributed by atoms with Crippen LogP contribution < -0.4 is 29.6 Å². The quantitative estimate of drug-likeness (QED) is 0.337. The number of unbranched alkanes of at least 4 members (excludes halogenated alkanes) is 2. The Hall–Kier alpha value is 0.0900. The third-order valence-corrected chi connectivity index (χ3v) is 1.81. The maximum Gasteiger partial charge on any atom is 1.00 e. The number of benzene rings is 1. The minimum atomic E-state index is -4.67. The van der Waals surface area contributed by atoms with Crippen LogP contribution in [0.4, 0.5) is 0 Å². The second kappa shape index (κ2) is 11.2. The van der Waals surface area contributed by atoms with E-state index in [0.29, 0.717) is 0 Å². The minimum Gasteiger partial charge on any atom is -0.343 e. The summed E-state index contributed by atoms with van der Waals surface area (Å²) in [4.78, 5) is 0. The summed E-state index contributed by atoms with van der Waals surface area (Å²) in [6.45, 7) is 3.82. The molecule has 0 aliphatic heterocycles. The van der Waals surface area contributed by atoms with Gasteiger partial charge in [0, 0.05) is 0 Å². The Labute approximate surface area is 125 Å². The van der Waals surface area contributed by atoms with Gasteiger partial charge < -0.3 is 6.92 Å². The molecule has 0 fully saturated rings. The summed E-state index contributed by atoms with van der Waals surface area (Å²) in [5.74, 6) is 0. The van der Waals surface area contributed by atoms with Crippen LogP contribution in [0.1, 0.15) is 24.8 Å². The average Bonchev–Trinajstić information content (AvgIpc) is 2.17. The van der Waals surface area contributed by atoms with Crippen molar-refractivity contribution in [3.8, 4) is 0 Å². The number of rotatable bonds is 4. The standard InChI is InChI=1S/C11H15.Na.H2O4S/c1-2-3-5-8-11-9-6-4-7-10-11;;1-5(2,3)4/h4,6-7,9-10H,1-3,5,8H2;;(H2,1,2,3,4)/q-1;+1;. The molecule has 0 heterocycles. The zero-order valence-electron chi connectivity index (χ0n) is 10.0. The fourth-order valence-electron chi connectivity index (χ4n) is 1.15. The van der Waals surface area contributed by atoms with Gasteiger partial charge in [-0.05, 0) is 12.0 Å². The Morgan fingerprint density at radius 2 is 1.53 bits per heavy atom. The van der Waals surface area contributed by atoms with Gasteiger partial charge in [0.2, 0.25) is 0 Å². The normalized spacial score (nSPS) is 9.82. The van der Waals surface area contributed by atoms with Crippen molar-refractivity contribution >= 4 is 10.4 Å². The largest absolute Gasteiger partial charge is 1.00 e. The van der Waals surface area contributed by atoms with Gasteiger partial charge in [0.05, 0.1) is 0 Å². The molecule has 6 heteroatoms. The minimum absolute atomic E-state index is 0. The molecule has 0 amide bonds. The first-order valence-corrected chi connectivity index (χ1v) is 6.36. The smallest absolute Gasteiger partial charge is 0.343 e. The van der Waals surface area contributed by atoms with Crippen LogP contribution in [0.15, 0.2) is 30.3 Å². The van der Waals surface area contributed by atoms with E-state index in [1.54, 1.807) is 0 Å². The van der Waals surface area contributed by atoms with Crippen LogP contribution in [-0.4, -0.2) is 17.5 Å². The van der Waals surface area contributed by atoms with Gasteiger partial charge in [-0.2, -0.15) is 14.8 Å². The molecule has 0 atom stereocenters. The number of aryl methyl sites for hydroxylation is 1. The van der Waals surface area contributed by atoms with Gasteiger partial charge in [0.25, 0.3) is 0 Å². The first-order chi connectivity index (χ1) is 7.43. The summed E-state index contributed by atoms with van der Waals surface area (Å²) in [6, 6.07) is 10.6. The zero-order chi connectivity index (χ0) is 12.4. The van der Waals surface area contributed by atoms with E-state index >= 15 is 0 Å². The van der Waals surface area contributed by atoms with Crippen molar-refractivity contribution in [3.63, 3.8) is 0 Å². The summed E-state index contributed by atoms with van der Waals surface area (Å²) in [5, 5.41) is 0. The topological polar surface area (TPSA) is 74.6 Å². The first kappa shape index (κ1) is 19.4. The van der Waals surface area contributed by atoms with Gasteiger partial charge in [-0.25, -0.2) is 0 Å². The van der Waals surface area contributed by atoms with Crippen molar-refractivity contribution in [1.29, 1.82) is 0 Å². The molecule has 0 radical (unpaired) electrons. The molecule has 0 unspecified atom stereocenters. The summed E-state index contributed by atoms with van der Waals surface area (Å²) in [5.41, 5.74) is 1.45. The zero-order valence-corrected chi connectivity index (χ0v) is 12.9. The molecule has 0 spiro atoms. The summed E-state index contributed by atoms with van der Waals surface area (Å²) < 4.78 is 31.6. The molecule has 1 aromatic carbocycles. The van der Waals surface area contributed by atoms with Crippen molar-refractivity contribution in [3.05, 3.63) is 42.8 Å². The SMILES string of the molecule is O=S(=O)(O)O.[CH2-]CCCCc1ccccc1.[Na+]. The monoisotopic (exact) mass is 268 g/mol. The van der Waals surface area contributed by atoms with E-state index in [1.165, 1.54) is 24.8 Å². The second-order valence-corrected chi connectivity index (χ2v) is 4.14. The molecule has 4 nitrogen and oxygen atoms in total. The fourth-order valence-corrected chi connectivity index (χ4v) is 1.15. The summed E-state index contributed by atoms with van der Waals surface area (Å²) in [7, 11) is -4.67. The van der Waals surface area contributed by atoms with Crippen molar-refractivity contribution in [2.45, 2.75) is 25.7 Å². The van der Waals surface area contributed by atoms with Gasteiger partial charge in [-0.15, -0.1) is 0 Å². The maximum atomic E-state index is 8.74. The van der Waals surface area contributed by atoms with Crippen LogP contribution in [0.5, 0.6) is 0 Å². The molecule has 0 saturated heterocycles. The van der Waals surface area contributed by atoms with E-state index in [2.05, 4.69) is 37.3 Å². The predicted molar refractivity (Wildman–Crippen MR) is 63.5 cm³/mol. The molecule has 1 aromatic rings. The van der Waals surface area contributed by atoms with Crippen LogP contribution in [-0.2, 0) is 16.8 Å². The molecular weight excluding hydrogens is 251 g/mol. The maximum absolute atomic E-state index is 8.74. The molecule has 0 saturated carbocycles. The van der Waals surface area contributed by atoms with Crippen LogP contribution in [0.25, 0.3) is 0 Å². The van der Waals surface area contributed by atoms with Gasteiger partial charge in [0.15, 0.2) is 0 Å². The Kier molecular flexibility index (Phi) is 12.8. The third-order valence-electron chi connectivity index (χ3n) is 1.81. The Bertz CT molecular complexity index is 356. The second-order valence-electron chi connectivity index (χ2n) is 3.24. The van der Waals surface area contributed by atoms with Crippen LogP contribution in [0, 0.1) is 6.92 Å². The Morgan fingerprint density at radius 1 is 1.06 bits per heavy atom. The number of hydrogen-bond acceptors (Lipinski definition) is 2. The summed E-state index contributed by atoms with van der Waals surface area (Å²) >= 11 is 0. The van der Waals surface area contributed by atoms with E-state index < -0.39 is 10.4 Å². The van der Waals surface area contributed by atoms with Gasteiger partial charge in [-0.3, -0.25) is 9.11 Å².